The molecule has 0 N–H and O–H groups in total. The van der Waals surface area contributed by atoms with Crippen LogP contribution in [0, 0.1) is 0 Å². The minimum Gasteiger partial charge on any atom is -0.747 e. The molecule has 0 bridgehead atoms. The van der Waals surface area contributed by atoms with Crippen molar-refractivity contribution in [3.05, 3.63) is 0 Å². The second kappa shape index (κ2) is 17.2. The summed E-state index contributed by atoms with van der Waals surface area (Å²) in [5, 5.41) is 18.7. The van der Waals surface area contributed by atoms with Crippen molar-refractivity contribution in [1.82, 2.24) is 0 Å². The molecule has 0 radical (unpaired) electrons. The predicted molar refractivity (Wildman–Crippen MR) is 58.3 cm³/mol. The van der Waals surface area contributed by atoms with Gasteiger partial charge in [-0.2, -0.15) is 16.8 Å². The van der Waals surface area contributed by atoms with Gasteiger partial charge in [0.15, 0.2) is 9.16 Å². The van der Waals surface area contributed by atoms with E-state index in [9.17, 15) is 53.3 Å². The van der Waals surface area contributed by atoms with Gasteiger partial charge in [-0.05, 0) is 13.8 Å². The van der Waals surface area contributed by atoms with Crippen molar-refractivity contribution in [2.45, 2.75) is 23.0 Å². The molecule has 22 heteroatoms. The van der Waals surface area contributed by atoms with Crippen molar-refractivity contribution in [3.8, 4) is 0 Å². The van der Waals surface area contributed by atoms with Crippen molar-refractivity contribution in [1.29, 1.82) is 0 Å². The molecule has 2 unspecified atom stereocenters. The maximum absolute atomic E-state index is 10.2. The summed E-state index contributed by atoms with van der Waals surface area (Å²) in [4.78, 5) is 0. The van der Waals surface area contributed by atoms with Crippen LogP contribution in [0.25, 0.3) is 0 Å². The third kappa shape index (κ3) is 17.3. The van der Waals surface area contributed by atoms with Crippen LogP contribution >= 0.6 is 0 Å². The molecule has 0 heterocycles. The SMILES string of the molecule is CC(S(=O)(=O)[O-])S(=O)(=O)O[O-].CC(S(=O)(=O)[O-])S(=O)(=O)O[O-].[Na+].[Na+].[Na+].[Na+]. The monoisotopic (exact) mass is 500 g/mol. The first-order valence-corrected chi connectivity index (χ1v) is 10.3. The van der Waals surface area contributed by atoms with E-state index in [-0.39, 0.29) is 118 Å². The van der Waals surface area contributed by atoms with Gasteiger partial charge in [0.1, 0.15) is 20.2 Å². The minimum atomic E-state index is -5.04. The van der Waals surface area contributed by atoms with Gasteiger partial charge < -0.3 is 28.3 Å². The van der Waals surface area contributed by atoms with Crippen LogP contribution in [0.3, 0.4) is 0 Å². The molecule has 0 saturated heterocycles. The van der Waals surface area contributed by atoms with Gasteiger partial charge in [-0.25, -0.2) is 16.8 Å². The van der Waals surface area contributed by atoms with E-state index in [1.165, 1.54) is 0 Å². The molecule has 0 saturated carbocycles. The van der Waals surface area contributed by atoms with Crippen molar-refractivity contribution in [2.75, 3.05) is 0 Å². The minimum absolute atomic E-state index is 0. The molecule has 0 spiro atoms. The molecule has 2 atom stereocenters. The zero-order valence-electron chi connectivity index (χ0n) is 14.5. The van der Waals surface area contributed by atoms with Gasteiger partial charge >= 0.3 is 118 Å². The van der Waals surface area contributed by atoms with Gasteiger partial charge in [-0.15, -0.1) is 0 Å². The molecule has 0 fully saturated rings. The Balaban J connectivity index is -0.0000000667. The van der Waals surface area contributed by atoms with E-state index in [0.29, 0.717) is 13.8 Å². The standard InChI is InChI=1S/2C2H6O7S2.4Na/c2*1-2(10(4,5)6)11(7,8)9-3;;;;/h2*2-3H,1H3,(H,4,5,6);;;;/q;;4*+1/p-4. The van der Waals surface area contributed by atoms with E-state index >= 15 is 0 Å². The summed E-state index contributed by atoms with van der Waals surface area (Å²) in [6, 6.07) is 0. The Kier molecular flexibility index (Phi) is 28.7. The van der Waals surface area contributed by atoms with Crippen LogP contribution in [0.4, 0.5) is 0 Å². The Bertz CT molecular complexity index is 701. The van der Waals surface area contributed by atoms with Crippen LogP contribution in [-0.2, 0) is 49.1 Å². The van der Waals surface area contributed by atoms with Crippen molar-refractivity contribution < 1.29 is 180 Å². The first-order valence-electron chi connectivity index (χ1n) is 4.43. The average molecular weight is 500 g/mol. The Morgan fingerprint density at radius 2 is 0.731 bits per heavy atom. The quantitative estimate of drug-likeness (QED) is 0.142. The summed E-state index contributed by atoms with van der Waals surface area (Å²) < 4.78 is 101. The Labute approximate surface area is 239 Å². The van der Waals surface area contributed by atoms with E-state index < -0.39 is 49.6 Å². The van der Waals surface area contributed by atoms with Gasteiger partial charge in [0.2, 0.25) is 0 Å². The van der Waals surface area contributed by atoms with Gasteiger partial charge in [-0.1, -0.05) is 0 Å². The molecule has 0 aliphatic rings. The summed E-state index contributed by atoms with van der Waals surface area (Å²) >= 11 is 0. The van der Waals surface area contributed by atoms with Crippen LogP contribution in [0.15, 0.2) is 0 Å². The van der Waals surface area contributed by atoms with Gasteiger partial charge in [0.25, 0.3) is 20.2 Å². The average Bonchev–Trinajstić information content (AvgIpc) is 2.35. The van der Waals surface area contributed by atoms with E-state index in [4.69, 9.17) is 0 Å². The third-order valence-electron chi connectivity index (χ3n) is 1.82. The molecule has 0 aromatic carbocycles. The Hall–Kier alpha value is 3.56. The van der Waals surface area contributed by atoms with E-state index in [0.717, 1.165) is 0 Å². The fourth-order valence-corrected chi connectivity index (χ4v) is 3.12. The van der Waals surface area contributed by atoms with Crippen LogP contribution in [0.5, 0.6) is 0 Å². The van der Waals surface area contributed by atoms with E-state index in [1.54, 1.807) is 0 Å². The molecule has 136 valence electrons. The van der Waals surface area contributed by atoms with Crippen molar-refractivity contribution in [2.24, 2.45) is 0 Å². The molecule has 14 nitrogen and oxygen atoms in total. The number of hydrogen-bond acceptors (Lipinski definition) is 14. The molecule has 26 heavy (non-hydrogen) atoms. The van der Waals surface area contributed by atoms with Crippen LogP contribution in [-0.4, -0.2) is 51.9 Å². The molecular weight excluding hydrogens is 492 g/mol. The summed E-state index contributed by atoms with van der Waals surface area (Å²) in [5.74, 6) is 0. The number of rotatable bonds is 6. The van der Waals surface area contributed by atoms with Gasteiger partial charge in [0, 0.05) is 0 Å². The normalized spacial score (nSPS) is 13.8. The smallest absolute Gasteiger partial charge is 0.747 e. The first kappa shape index (κ1) is 43.4. The molecule has 0 aliphatic carbocycles. The topological polar surface area (TPSA) is 247 Å². The zero-order chi connectivity index (χ0) is 18.6. The largest absolute Gasteiger partial charge is 1.00 e. The fraction of sp³-hybridized carbons (Fsp3) is 1.00. The first-order chi connectivity index (χ1) is 9.43. The maximum Gasteiger partial charge on any atom is 1.00 e. The van der Waals surface area contributed by atoms with E-state index in [1.807, 2.05) is 0 Å². The van der Waals surface area contributed by atoms with Gasteiger partial charge in [0.05, 0.1) is 0 Å². The zero-order valence-corrected chi connectivity index (χ0v) is 25.8. The van der Waals surface area contributed by atoms with E-state index in [2.05, 4.69) is 8.67 Å². The Morgan fingerprint density at radius 3 is 0.769 bits per heavy atom. The predicted octanol–water partition coefficient (Wildman–Crippen LogP) is -17.0. The molecule has 0 rings (SSSR count). The third-order valence-corrected chi connectivity index (χ3v) is 8.28. The van der Waals surface area contributed by atoms with Crippen molar-refractivity contribution in [3.63, 3.8) is 0 Å². The van der Waals surface area contributed by atoms with Crippen molar-refractivity contribution >= 4 is 40.5 Å². The molecule has 0 amide bonds. The van der Waals surface area contributed by atoms with Crippen LogP contribution < -0.4 is 129 Å². The molecule has 0 aromatic heterocycles. The van der Waals surface area contributed by atoms with Crippen LogP contribution in [0.2, 0.25) is 0 Å². The second-order valence-electron chi connectivity index (χ2n) is 3.24. The molecular formula is C4H8Na4O14S4. The summed E-state index contributed by atoms with van der Waals surface area (Å²) in [7, 11) is -19.7. The maximum atomic E-state index is 10.2. The summed E-state index contributed by atoms with van der Waals surface area (Å²) in [5.41, 5.74) is 0. The molecule has 0 aromatic rings. The second-order valence-corrected chi connectivity index (χ2v) is 10.9. The summed E-state index contributed by atoms with van der Waals surface area (Å²) in [6.07, 6.45) is 0. The Morgan fingerprint density at radius 1 is 0.577 bits per heavy atom. The summed E-state index contributed by atoms with van der Waals surface area (Å²) in [6.45, 7) is 1.10. The van der Waals surface area contributed by atoms with Gasteiger partial charge in [-0.3, -0.25) is 0 Å². The number of hydrogen-bond donors (Lipinski definition) is 0. The van der Waals surface area contributed by atoms with Crippen LogP contribution in [0.1, 0.15) is 13.8 Å². The fourth-order valence-electron chi connectivity index (χ4n) is 0.399. The molecule has 0 aliphatic heterocycles.